The Kier molecular flexibility index (Phi) is 4.46. The van der Waals surface area contributed by atoms with Crippen LogP contribution in [0, 0.1) is 10.1 Å². The molecule has 0 amide bonds. The summed E-state index contributed by atoms with van der Waals surface area (Å²) in [7, 11) is 1.47. The number of nitro benzene ring substituents is 1. The van der Waals surface area contributed by atoms with Gasteiger partial charge in [-0.2, -0.15) is 0 Å². The van der Waals surface area contributed by atoms with Crippen LogP contribution in [0.15, 0.2) is 42.5 Å². The lowest BCUT2D eigenvalue weighted by Crippen LogP contribution is -1.92. The number of carbonyl (C=O) groups excluding carboxylic acids is 1. The van der Waals surface area contributed by atoms with E-state index in [1.807, 2.05) is 18.2 Å². The summed E-state index contributed by atoms with van der Waals surface area (Å²) in [6.07, 6.45) is 4.43. The Balaban J connectivity index is 2.27. The molecule has 0 aliphatic carbocycles. The SMILES string of the molecule is COc1cc([N+](=O)[O-])ccc1/C=C\c1ccc(C=O)cc1. The van der Waals surface area contributed by atoms with E-state index in [9.17, 15) is 14.9 Å². The van der Waals surface area contributed by atoms with Gasteiger partial charge in [0, 0.05) is 17.2 Å². The molecule has 0 bridgehead atoms. The molecule has 0 saturated heterocycles. The Bertz CT molecular complexity index is 690. The maximum Gasteiger partial charge on any atom is 0.273 e. The van der Waals surface area contributed by atoms with E-state index in [-0.39, 0.29) is 5.69 Å². The molecule has 0 N–H and O–H groups in total. The molecule has 0 aromatic heterocycles. The maximum atomic E-state index is 10.7. The standard InChI is InChI=1S/C16H13NO4/c1-21-16-10-15(17(19)20)9-8-14(16)7-6-12-2-4-13(11-18)5-3-12/h2-11H,1H3/b7-6-. The van der Waals surface area contributed by atoms with Gasteiger partial charge >= 0.3 is 0 Å². The topological polar surface area (TPSA) is 69.4 Å². The molecule has 0 saturated carbocycles. The second kappa shape index (κ2) is 6.47. The molecule has 0 fully saturated rings. The van der Waals surface area contributed by atoms with Crippen molar-refractivity contribution in [1.29, 1.82) is 0 Å². The van der Waals surface area contributed by atoms with Crippen molar-refractivity contribution >= 4 is 24.1 Å². The highest BCUT2D eigenvalue weighted by molar-refractivity contribution is 5.77. The number of rotatable bonds is 5. The molecule has 106 valence electrons. The van der Waals surface area contributed by atoms with Crippen LogP contribution in [0.4, 0.5) is 5.69 Å². The number of carbonyl (C=O) groups is 1. The molecule has 5 nitrogen and oxygen atoms in total. The largest absolute Gasteiger partial charge is 0.496 e. The number of methoxy groups -OCH3 is 1. The molecule has 21 heavy (non-hydrogen) atoms. The van der Waals surface area contributed by atoms with Crippen LogP contribution < -0.4 is 4.74 Å². The van der Waals surface area contributed by atoms with Gasteiger partial charge in [-0.25, -0.2) is 0 Å². The molecule has 5 heteroatoms. The van der Waals surface area contributed by atoms with E-state index in [1.54, 1.807) is 24.3 Å². The van der Waals surface area contributed by atoms with E-state index in [0.717, 1.165) is 17.4 Å². The first kappa shape index (κ1) is 14.5. The molecule has 2 aromatic rings. The van der Waals surface area contributed by atoms with Crippen molar-refractivity contribution in [3.63, 3.8) is 0 Å². The summed E-state index contributed by atoms with van der Waals surface area (Å²) in [5.74, 6) is 0.435. The minimum absolute atomic E-state index is 0.0145. The number of non-ortho nitro benzene ring substituents is 1. The lowest BCUT2D eigenvalue weighted by Gasteiger charge is -2.04. The smallest absolute Gasteiger partial charge is 0.273 e. The molecule has 0 aliphatic rings. The van der Waals surface area contributed by atoms with Crippen molar-refractivity contribution in [2.24, 2.45) is 0 Å². The van der Waals surface area contributed by atoms with Gasteiger partial charge < -0.3 is 4.74 Å². The Morgan fingerprint density at radius 3 is 2.29 bits per heavy atom. The zero-order valence-electron chi connectivity index (χ0n) is 11.4. The molecule has 0 heterocycles. The van der Waals surface area contributed by atoms with Gasteiger partial charge in [0.15, 0.2) is 0 Å². The van der Waals surface area contributed by atoms with Crippen LogP contribution in [0.25, 0.3) is 12.2 Å². The van der Waals surface area contributed by atoms with Gasteiger partial charge in [-0.3, -0.25) is 14.9 Å². The first-order valence-electron chi connectivity index (χ1n) is 6.20. The van der Waals surface area contributed by atoms with E-state index in [2.05, 4.69) is 0 Å². The Morgan fingerprint density at radius 2 is 1.71 bits per heavy atom. The van der Waals surface area contributed by atoms with E-state index in [0.29, 0.717) is 11.3 Å². The van der Waals surface area contributed by atoms with Crippen LogP contribution in [0.3, 0.4) is 0 Å². The van der Waals surface area contributed by atoms with Gasteiger partial charge in [0.25, 0.3) is 5.69 Å². The summed E-state index contributed by atoms with van der Waals surface area (Å²) >= 11 is 0. The number of hydrogen-bond donors (Lipinski definition) is 0. The fourth-order valence-corrected chi connectivity index (χ4v) is 1.82. The summed E-state index contributed by atoms with van der Waals surface area (Å²) in [5.41, 5.74) is 2.25. The van der Waals surface area contributed by atoms with Crippen LogP contribution in [0.2, 0.25) is 0 Å². The third-order valence-corrected chi connectivity index (χ3v) is 2.96. The number of hydrogen-bond acceptors (Lipinski definition) is 4. The first-order valence-corrected chi connectivity index (χ1v) is 6.20. The van der Waals surface area contributed by atoms with E-state index in [4.69, 9.17) is 4.74 Å². The Labute approximate surface area is 121 Å². The molecular weight excluding hydrogens is 270 g/mol. The van der Waals surface area contributed by atoms with Crippen molar-refractivity contribution in [2.45, 2.75) is 0 Å². The van der Waals surface area contributed by atoms with Crippen molar-refractivity contribution in [3.05, 3.63) is 69.3 Å². The summed E-state index contributed by atoms with van der Waals surface area (Å²) in [6.45, 7) is 0. The average Bonchev–Trinajstić information content (AvgIpc) is 2.53. The summed E-state index contributed by atoms with van der Waals surface area (Å²) < 4.78 is 5.16. The first-order chi connectivity index (χ1) is 10.1. The van der Waals surface area contributed by atoms with Gasteiger partial charge in [0.1, 0.15) is 12.0 Å². The third-order valence-electron chi connectivity index (χ3n) is 2.96. The zero-order chi connectivity index (χ0) is 15.2. The fraction of sp³-hybridized carbons (Fsp3) is 0.0625. The van der Waals surface area contributed by atoms with Gasteiger partial charge in [0.2, 0.25) is 0 Å². The van der Waals surface area contributed by atoms with Gasteiger partial charge in [-0.1, -0.05) is 36.4 Å². The minimum Gasteiger partial charge on any atom is -0.496 e. The fourth-order valence-electron chi connectivity index (χ4n) is 1.82. The Morgan fingerprint density at radius 1 is 1.05 bits per heavy atom. The number of nitrogens with zero attached hydrogens (tertiary/aromatic N) is 1. The lowest BCUT2D eigenvalue weighted by atomic mass is 10.1. The summed E-state index contributed by atoms with van der Waals surface area (Å²) in [6, 6.07) is 11.5. The number of nitro groups is 1. The number of benzene rings is 2. The molecule has 0 radical (unpaired) electrons. The highest BCUT2D eigenvalue weighted by Crippen LogP contribution is 2.26. The lowest BCUT2D eigenvalue weighted by molar-refractivity contribution is -0.384. The molecule has 0 aliphatic heterocycles. The molecular formula is C16H13NO4. The van der Waals surface area contributed by atoms with Crippen LogP contribution in [0.1, 0.15) is 21.5 Å². The third kappa shape index (κ3) is 3.54. The molecule has 0 spiro atoms. The van der Waals surface area contributed by atoms with Crippen molar-refractivity contribution in [1.82, 2.24) is 0 Å². The molecule has 2 aromatic carbocycles. The van der Waals surface area contributed by atoms with Crippen molar-refractivity contribution < 1.29 is 14.5 Å². The second-order valence-corrected chi connectivity index (χ2v) is 4.30. The van der Waals surface area contributed by atoms with Crippen LogP contribution in [-0.4, -0.2) is 18.3 Å². The highest BCUT2D eigenvalue weighted by atomic mass is 16.6. The van der Waals surface area contributed by atoms with Gasteiger partial charge in [-0.15, -0.1) is 0 Å². The predicted molar refractivity (Wildman–Crippen MR) is 80.4 cm³/mol. The molecule has 2 rings (SSSR count). The van der Waals surface area contributed by atoms with E-state index in [1.165, 1.54) is 19.2 Å². The predicted octanol–water partition coefficient (Wildman–Crippen LogP) is 3.59. The minimum atomic E-state index is -0.464. The molecule has 0 unspecified atom stereocenters. The maximum absolute atomic E-state index is 10.7. The van der Waals surface area contributed by atoms with E-state index < -0.39 is 4.92 Å². The highest BCUT2D eigenvalue weighted by Gasteiger charge is 2.09. The Hall–Kier alpha value is -2.95. The molecule has 0 atom stereocenters. The monoisotopic (exact) mass is 283 g/mol. The average molecular weight is 283 g/mol. The van der Waals surface area contributed by atoms with E-state index >= 15 is 0 Å². The van der Waals surface area contributed by atoms with Gasteiger partial charge in [-0.05, 0) is 11.6 Å². The van der Waals surface area contributed by atoms with Crippen LogP contribution >= 0.6 is 0 Å². The van der Waals surface area contributed by atoms with Crippen molar-refractivity contribution in [2.75, 3.05) is 7.11 Å². The van der Waals surface area contributed by atoms with Crippen molar-refractivity contribution in [3.8, 4) is 5.75 Å². The summed E-state index contributed by atoms with van der Waals surface area (Å²) in [5, 5.41) is 10.7. The summed E-state index contributed by atoms with van der Waals surface area (Å²) in [4.78, 5) is 20.8. The van der Waals surface area contributed by atoms with Crippen LogP contribution in [0.5, 0.6) is 5.75 Å². The normalized spacial score (nSPS) is 10.5. The second-order valence-electron chi connectivity index (χ2n) is 4.30. The zero-order valence-corrected chi connectivity index (χ0v) is 11.4. The number of aldehydes is 1. The van der Waals surface area contributed by atoms with Crippen LogP contribution in [-0.2, 0) is 0 Å². The van der Waals surface area contributed by atoms with Gasteiger partial charge in [0.05, 0.1) is 18.1 Å². The quantitative estimate of drug-likeness (QED) is 0.364. The number of ether oxygens (including phenoxy) is 1.